The minimum atomic E-state index is -0.935. The molecule has 0 atom stereocenters. The number of hydrogen-bond donors (Lipinski definition) is 2. The lowest BCUT2D eigenvalue weighted by molar-refractivity contribution is -0.141. The lowest BCUT2D eigenvalue weighted by Crippen LogP contribution is -2.24. The first-order valence-electron chi connectivity index (χ1n) is 4.95. The third-order valence-electron chi connectivity index (χ3n) is 1.56. The van der Waals surface area contributed by atoms with Crippen LogP contribution in [0.15, 0.2) is 24.8 Å². The number of aliphatic hydroxyl groups excluding tert-OH is 1. The van der Waals surface area contributed by atoms with Gasteiger partial charge >= 0.3 is 11.9 Å². The van der Waals surface area contributed by atoms with Crippen LogP contribution in [0.1, 0.15) is 20.8 Å². The minimum Gasteiger partial charge on any atom is -0.478 e. The molecular weight excluding hydrogens is 224 g/mol. The van der Waals surface area contributed by atoms with Crippen molar-refractivity contribution in [2.45, 2.75) is 20.8 Å². The maximum atomic E-state index is 10.6. The molecule has 0 aromatic carbocycles. The Morgan fingerprint density at radius 1 is 1.41 bits per heavy atom. The summed E-state index contributed by atoms with van der Waals surface area (Å²) in [7, 11) is 0. The third kappa shape index (κ3) is 12.3. The molecule has 0 aliphatic heterocycles. The van der Waals surface area contributed by atoms with Gasteiger partial charge in [-0.1, -0.05) is 27.0 Å². The fourth-order valence-electron chi connectivity index (χ4n) is 0.371. The van der Waals surface area contributed by atoms with Crippen LogP contribution in [-0.4, -0.2) is 35.4 Å². The molecule has 0 aliphatic rings. The molecule has 0 rings (SSSR count). The van der Waals surface area contributed by atoms with Crippen molar-refractivity contribution in [3.63, 3.8) is 0 Å². The van der Waals surface area contributed by atoms with Crippen molar-refractivity contribution < 1.29 is 24.5 Å². The van der Waals surface area contributed by atoms with Crippen LogP contribution in [0.2, 0.25) is 0 Å². The van der Waals surface area contributed by atoms with Crippen LogP contribution >= 0.6 is 0 Å². The number of aliphatic carboxylic acids is 1. The Bertz CT molecular complexity index is 279. The maximum Gasteiger partial charge on any atom is 0.330 e. The van der Waals surface area contributed by atoms with E-state index < -0.39 is 11.9 Å². The number of carboxylic acid groups (broad SMARTS) is 1. The van der Waals surface area contributed by atoms with Gasteiger partial charge in [-0.25, -0.2) is 9.59 Å². The van der Waals surface area contributed by atoms with Gasteiger partial charge in [0.1, 0.15) is 0 Å². The van der Waals surface area contributed by atoms with Crippen LogP contribution < -0.4 is 0 Å². The van der Waals surface area contributed by atoms with Gasteiger partial charge in [-0.2, -0.15) is 0 Å². The molecule has 2 N–H and O–H groups in total. The molecule has 0 aromatic heterocycles. The molecular formula is C12H20O5. The second-order valence-electron chi connectivity index (χ2n) is 4.22. The highest BCUT2D eigenvalue weighted by Crippen LogP contribution is 2.13. The lowest BCUT2D eigenvalue weighted by Gasteiger charge is -2.20. The van der Waals surface area contributed by atoms with Crippen molar-refractivity contribution in [1.82, 2.24) is 0 Å². The number of carboxylic acids is 1. The molecule has 0 amide bonds. The molecule has 98 valence electrons. The predicted octanol–water partition coefficient (Wildman–Crippen LogP) is 1.38. The Morgan fingerprint density at radius 3 is 2.06 bits per heavy atom. The summed E-state index contributed by atoms with van der Waals surface area (Å²) in [6.45, 7) is 11.7. The Hall–Kier alpha value is -1.62. The van der Waals surface area contributed by atoms with E-state index in [2.05, 4.69) is 13.2 Å². The van der Waals surface area contributed by atoms with Gasteiger partial charge in [0.2, 0.25) is 0 Å². The number of hydrogen-bond acceptors (Lipinski definition) is 4. The number of carbonyl (C=O) groups is 2. The van der Waals surface area contributed by atoms with Crippen LogP contribution in [0, 0.1) is 5.41 Å². The summed E-state index contributed by atoms with van der Waals surface area (Å²) in [5.41, 5.74) is -0.187. The van der Waals surface area contributed by atoms with E-state index in [1.54, 1.807) is 0 Å². The largest absolute Gasteiger partial charge is 0.478 e. The van der Waals surface area contributed by atoms with Crippen molar-refractivity contribution in [3.8, 4) is 0 Å². The van der Waals surface area contributed by atoms with Crippen molar-refractivity contribution >= 4 is 11.9 Å². The second kappa shape index (κ2) is 8.52. The summed E-state index contributed by atoms with van der Waals surface area (Å²) < 4.78 is 4.73. The van der Waals surface area contributed by atoms with Crippen LogP contribution in [0.25, 0.3) is 0 Å². The summed E-state index contributed by atoms with van der Waals surface area (Å²) in [5, 5.41) is 16.7. The van der Waals surface area contributed by atoms with E-state index in [0.717, 1.165) is 6.08 Å². The second-order valence-corrected chi connectivity index (χ2v) is 4.22. The zero-order valence-electron chi connectivity index (χ0n) is 10.5. The minimum absolute atomic E-state index is 0.00256. The highest BCUT2D eigenvalue weighted by atomic mass is 16.5. The summed E-state index contributed by atoms with van der Waals surface area (Å²) in [5.74, 6) is -1.39. The van der Waals surface area contributed by atoms with Crippen LogP contribution in [0.5, 0.6) is 0 Å². The Labute approximate surface area is 101 Å². The molecule has 0 heterocycles. The van der Waals surface area contributed by atoms with Gasteiger partial charge in [0.05, 0.1) is 13.2 Å². The van der Waals surface area contributed by atoms with Crippen molar-refractivity contribution in [1.29, 1.82) is 0 Å². The van der Waals surface area contributed by atoms with E-state index in [0.29, 0.717) is 0 Å². The van der Waals surface area contributed by atoms with Gasteiger partial charge in [-0.3, -0.25) is 0 Å². The topological polar surface area (TPSA) is 83.8 Å². The first kappa shape index (κ1) is 17.8. The highest BCUT2D eigenvalue weighted by Gasteiger charge is 2.17. The number of ether oxygens (including phenoxy) is 1. The molecule has 17 heavy (non-hydrogen) atoms. The fraction of sp³-hybridized carbons (Fsp3) is 0.500. The normalized spacial score (nSPS) is 9.65. The molecule has 5 heteroatoms. The number of rotatable bonds is 5. The van der Waals surface area contributed by atoms with Crippen LogP contribution in [0.4, 0.5) is 0 Å². The van der Waals surface area contributed by atoms with Crippen LogP contribution in [-0.2, 0) is 14.3 Å². The average molecular weight is 244 g/mol. The standard InChI is InChI=1S/C8H14O3.C4H6O2/c1-4-7(10)11-6-8(2,3)5-9;1-3(2)4(5)6/h4,9H,1,5-6H2,2-3H3;1H2,2H3,(H,5,6). The monoisotopic (exact) mass is 244 g/mol. The van der Waals surface area contributed by atoms with E-state index >= 15 is 0 Å². The molecule has 0 aromatic rings. The molecule has 0 fully saturated rings. The van der Waals surface area contributed by atoms with Gasteiger partial charge < -0.3 is 14.9 Å². The van der Waals surface area contributed by atoms with Gasteiger partial charge in [-0.15, -0.1) is 0 Å². The Morgan fingerprint density at radius 2 is 1.82 bits per heavy atom. The van der Waals surface area contributed by atoms with Crippen molar-refractivity contribution in [2.75, 3.05) is 13.2 Å². The van der Waals surface area contributed by atoms with E-state index in [4.69, 9.17) is 14.9 Å². The summed E-state index contributed by atoms with van der Waals surface area (Å²) in [4.78, 5) is 20.2. The van der Waals surface area contributed by atoms with Gasteiger partial charge in [0, 0.05) is 17.1 Å². The molecule has 0 aliphatic carbocycles. The predicted molar refractivity (Wildman–Crippen MR) is 64.5 cm³/mol. The lowest BCUT2D eigenvalue weighted by atomic mass is 9.97. The summed E-state index contributed by atoms with van der Waals surface area (Å²) >= 11 is 0. The maximum absolute atomic E-state index is 10.6. The van der Waals surface area contributed by atoms with E-state index in [1.807, 2.05) is 13.8 Å². The quantitative estimate of drug-likeness (QED) is 0.564. The number of aliphatic hydroxyl groups is 1. The molecule has 0 saturated heterocycles. The molecule has 0 spiro atoms. The van der Waals surface area contributed by atoms with E-state index in [-0.39, 0.29) is 24.2 Å². The molecule has 0 saturated carbocycles. The Balaban J connectivity index is 0. The smallest absolute Gasteiger partial charge is 0.330 e. The third-order valence-corrected chi connectivity index (χ3v) is 1.56. The zero-order valence-corrected chi connectivity index (χ0v) is 10.5. The molecule has 0 unspecified atom stereocenters. The van der Waals surface area contributed by atoms with E-state index in [9.17, 15) is 9.59 Å². The zero-order chi connectivity index (χ0) is 14.1. The van der Waals surface area contributed by atoms with Gasteiger partial charge in [0.25, 0.3) is 0 Å². The van der Waals surface area contributed by atoms with Crippen LogP contribution in [0.3, 0.4) is 0 Å². The Kier molecular flexibility index (Phi) is 8.91. The summed E-state index contributed by atoms with van der Waals surface area (Å²) in [6, 6.07) is 0. The summed E-state index contributed by atoms with van der Waals surface area (Å²) in [6.07, 6.45) is 1.10. The first-order chi connectivity index (χ1) is 7.66. The van der Waals surface area contributed by atoms with E-state index in [1.165, 1.54) is 6.92 Å². The highest BCUT2D eigenvalue weighted by molar-refractivity contribution is 5.84. The SMILES string of the molecule is C=C(C)C(=O)O.C=CC(=O)OCC(C)(C)CO. The fourth-order valence-corrected chi connectivity index (χ4v) is 0.371. The van der Waals surface area contributed by atoms with Crippen molar-refractivity contribution in [3.05, 3.63) is 24.8 Å². The number of esters is 1. The first-order valence-corrected chi connectivity index (χ1v) is 4.95. The van der Waals surface area contributed by atoms with Gasteiger partial charge in [0.15, 0.2) is 0 Å². The average Bonchev–Trinajstić information content (AvgIpc) is 2.26. The molecule has 0 radical (unpaired) electrons. The number of carbonyl (C=O) groups excluding carboxylic acids is 1. The van der Waals surface area contributed by atoms with Gasteiger partial charge in [-0.05, 0) is 6.92 Å². The van der Waals surface area contributed by atoms with Crippen molar-refractivity contribution in [2.24, 2.45) is 5.41 Å². The molecule has 5 nitrogen and oxygen atoms in total. The molecule has 0 bridgehead atoms.